The Labute approximate surface area is 117 Å². The van der Waals surface area contributed by atoms with Crippen LogP contribution in [-0.2, 0) is 9.53 Å². The Morgan fingerprint density at radius 2 is 1.84 bits per heavy atom. The average Bonchev–Trinajstić information content (AvgIpc) is 2.63. The minimum atomic E-state index is -0.316. The summed E-state index contributed by atoms with van der Waals surface area (Å²) in [5, 5.41) is 0. The average molecular weight is 270 g/mol. The molecule has 4 heteroatoms. The number of ether oxygens (including phenoxy) is 1. The van der Waals surface area contributed by atoms with E-state index in [9.17, 15) is 4.79 Å². The third-order valence-electron chi connectivity index (χ3n) is 4.13. The fourth-order valence-corrected chi connectivity index (χ4v) is 2.84. The summed E-state index contributed by atoms with van der Waals surface area (Å²) in [6.45, 7) is 5.74. The first-order valence-electron chi connectivity index (χ1n) is 7.59. The Bertz CT molecular complexity index is 271. The molecule has 0 bridgehead atoms. The normalized spacial score (nSPS) is 19.2. The van der Waals surface area contributed by atoms with E-state index in [1.807, 2.05) is 20.9 Å². The topological polar surface area (TPSA) is 55.6 Å². The molecule has 4 nitrogen and oxygen atoms in total. The first-order chi connectivity index (χ1) is 9.02. The number of nitrogens with zero attached hydrogens (tertiary/aromatic N) is 1. The molecule has 0 aromatic carbocycles. The molecule has 0 aromatic rings. The zero-order valence-electron chi connectivity index (χ0n) is 12.8. The minimum absolute atomic E-state index is 0.212. The zero-order valence-corrected chi connectivity index (χ0v) is 12.8. The van der Waals surface area contributed by atoms with Gasteiger partial charge in [-0.05, 0) is 26.7 Å². The molecule has 1 saturated carbocycles. The van der Waals surface area contributed by atoms with Crippen LogP contribution < -0.4 is 5.73 Å². The molecule has 0 radical (unpaired) electrons. The van der Waals surface area contributed by atoms with E-state index in [1.165, 1.54) is 12.8 Å². The standard InChI is InChI=1S/C15H30N2O2/c1-13(2)19-11-10-17(3)14(18)15(12-16)8-6-4-5-7-9-15/h13H,4-12,16H2,1-3H3. The molecule has 19 heavy (non-hydrogen) atoms. The quantitative estimate of drug-likeness (QED) is 0.753. The van der Waals surface area contributed by atoms with E-state index >= 15 is 0 Å². The second-order valence-corrected chi connectivity index (χ2v) is 6.04. The van der Waals surface area contributed by atoms with Gasteiger partial charge in [-0.15, -0.1) is 0 Å². The fraction of sp³-hybridized carbons (Fsp3) is 0.933. The lowest BCUT2D eigenvalue weighted by Gasteiger charge is -2.34. The number of hydrogen-bond acceptors (Lipinski definition) is 3. The Balaban J connectivity index is 2.56. The molecule has 0 atom stereocenters. The van der Waals surface area contributed by atoms with Crippen molar-refractivity contribution in [3.8, 4) is 0 Å². The van der Waals surface area contributed by atoms with E-state index in [2.05, 4.69) is 0 Å². The van der Waals surface area contributed by atoms with Gasteiger partial charge in [0.1, 0.15) is 0 Å². The van der Waals surface area contributed by atoms with Gasteiger partial charge in [0.15, 0.2) is 0 Å². The van der Waals surface area contributed by atoms with Gasteiger partial charge in [-0.2, -0.15) is 0 Å². The van der Waals surface area contributed by atoms with Crippen LogP contribution in [0, 0.1) is 5.41 Å². The van der Waals surface area contributed by atoms with E-state index in [-0.39, 0.29) is 17.4 Å². The fourth-order valence-electron chi connectivity index (χ4n) is 2.84. The summed E-state index contributed by atoms with van der Waals surface area (Å²) in [7, 11) is 1.87. The van der Waals surface area contributed by atoms with Gasteiger partial charge in [0.05, 0.1) is 18.1 Å². The Morgan fingerprint density at radius 1 is 1.26 bits per heavy atom. The molecule has 1 rings (SSSR count). The summed E-state index contributed by atoms with van der Waals surface area (Å²) >= 11 is 0. The summed E-state index contributed by atoms with van der Waals surface area (Å²) in [5.74, 6) is 0.212. The zero-order chi connectivity index (χ0) is 14.3. The van der Waals surface area contributed by atoms with Gasteiger partial charge in [-0.3, -0.25) is 4.79 Å². The second kappa shape index (κ2) is 7.85. The van der Waals surface area contributed by atoms with E-state index in [4.69, 9.17) is 10.5 Å². The number of hydrogen-bond donors (Lipinski definition) is 1. The van der Waals surface area contributed by atoms with Crippen LogP contribution in [0.2, 0.25) is 0 Å². The molecule has 0 saturated heterocycles. The highest BCUT2D eigenvalue weighted by molar-refractivity contribution is 5.82. The van der Waals surface area contributed by atoms with Crippen LogP contribution in [0.3, 0.4) is 0 Å². The van der Waals surface area contributed by atoms with Crippen molar-refractivity contribution in [3.63, 3.8) is 0 Å². The van der Waals surface area contributed by atoms with Crippen molar-refractivity contribution in [1.82, 2.24) is 4.90 Å². The first kappa shape index (κ1) is 16.4. The lowest BCUT2D eigenvalue weighted by atomic mass is 9.79. The van der Waals surface area contributed by atoms with Crippen LogP contribution in [0.25, 0.3) is 0 Å². The summed E-state index contributed by atoms with van der Waals surface area (Å²) in [5.41, 5.74) is 5.63. The lowest BCUT2D eigenvalue weighted by Crippen LogP contribution is -2.47. The van der Waals surface area contributed by atoms with Crippen LogP contribution in [0.1, 0.15) is 52.4 Å². The maximum Gasteiger partial charge on any atom is 0.229 e. The molecule has 0 spiro atoms. The molecule has 1 amide bonds. The summed E-state index contributed by atoms with van der Waals surface area (Å²) in [6, 6.07) is 0. The van der Waals surface area contributed by atoms with Crippen LogP contribution in [0.5, 0.6) is 0 Å². The Kier molecular flexibility index (Phi) is 6.80. The summed E-state index contributed by atoms with van der Waals surface area (Å²) in [4.78, 5) is 14.5. The monoisotopic (exact) mass is 270 g/mol. The molecular weight excluding hydrogens is 240 g/mol. The predicted octanol–water partition coefficient (Wildman–Crippen LogP) is 2.17. The lowest BCUT2D eigenvalue weighted by molar-refractivity contribution is -0.142. The third kappa shape index (κ3) is 4.77. The van der Waals surface area contributed by atoms with Gasteiger partial charge < -0.3 is 15.4 Å². The molecule has 0 heterocycles. The number of carbonyl (C=O) groups is 1. The van der Waals surface area contributed by atoms with E-state index < -0.39 is 0 Å². The minimum Gasteiger partial charge on any atom is -0.377 e. The van der Waals surface area contributed by atoms with Crippen molar-refractivity contribution < 1.29 is 9.53 Å². The van der Waals surface area contributed by atoms with E-state index in [1.54, 1.807) is 4.90 Å². The number of rotatable bonds is 6. The van der Waals surface area contributed by atoms with Crippen molar-refractivity contribution in [2.45, 2.75) is 58.5 Å². The number of amides is 1. The van der Waals surface area contributed by atoms with Crippen LogP contribution in [0.4, 0.5) is 0 Å². The van der Waals surface area contributed by atoms with Crippen molar-refractivity contribution >= 4 is 5.91 Å². The van der Waals surface area contributed by atoms with Gasteiger partial charge in [0.2, 0.25) is 5.91 Å². The third-order valence-corrected chi connectivity index (χ3v) is 4.13. The van der Waals surface area contributed by atoms with Crippen LogP contribution in [0.15, 0.2) is 0 Å². The summed E-state index contributed by atoms with van der Waals surface area (Å²) < 4.78 is 5.52. The number of carbonyl (C=O) groups excluding carboxylic acids is 1. The molecule has 0 aromatic heterocycles. The van der Waals surface area contributed by atoms with Gasteiger partial charge in [0, 0.05) is 20.1 Å². The van der Waals surface area contributed by atoms with E-state index in [0.717, 1.165) is 25.7 Å². The number of likely N-dealkylation sites (N-methyl/N-ethyl adjacent to an activating group) is 1. The highest BCUT2D eigenvalue weighted by Gasteiger charge is 2.38. The largest absolute Gasteiger partial charge is 0.377 e. The molecule has 1 aliphatic rings. The molecule has 0 unspecified atom stereocenters. The Hall–Kier alpha value is -0.610. The van der Waals surface area contributed by atoms with Crippen molar-refractivity contribution in [2.24, 2.45) is 11.1 Å². The van der Waals surface area contributed by atoms with Gasteiger partial charge >= 0.3 is 0 Å². The summed E-state index contributed by atoms with van der Waals surface area (Å²) in [6.07, 6.45) is 6.81. The highest BCUT2D eigenvalue weighted by Crippen LogP contribution is 2.35. The van der Waals surface area contributed by atoms with Gasteiger partial charge in [-0.25, -0.2) is 0 Å². The predicted molar refractivity (Wildman–Crippen MR) is 77.9 cm³/mol. The van der Waals surface area contributed by atoms with Crippen molar-refractivity contribution in [2.75, 3.05) is 26.7 Å². The molecule has 112 valence electrons. The molecular formula is C15H30N2O2. The smallest absolute Gasteiger partial charge is 0.229 e. The Morgan fingerprint density at radius 3 is 2.32 bits per heavy atom. The maximum absolute atomic E-state index is 12.7. The first-order valence-corrected chi connectivity index (χ1v) is 7.59. The van der Waals surface area contributed by atoms with Crippen LogP contribution >= 0.6 is 0 Å². The van der Waals surface area contributed by atoms with Gasteiger partial charge in [0.25, 0.3) is 0 Å². The SMILES string of the molecule is CC(C)OCCN(C)C(=O)C1(CN)CCCCCC1. The maximum atomic E-state index is 12.7. The van der Waals surface area contributed by atoms with Crippen LogP contribution in [-0.4, -0.2) is 43.7 Å². The molecule has 2 N–H and O–H groups in total. The van der Waals surface area contributed by atoms with Crippen molar-refractivity contribution in [3.05, 3.63) is 0 Å². The number of nitrogens with two attached hydrogens (primary N) is 1. The molecule has 1 fully saturated rings. The highest BCUT2D eigenvalue weighted by atomic mass is 16.5. The molecule has 1 aliphatic carbocycles. The second-order valence-electron chi connectivity index (χ2n) is 6.04. The van der Waals surface area contributed by atoms with Crippen molar-refractivity contribution in [1.29, 1.82) is 0 Å². The van der Waals surface area contributed by atoms with Gasteiger partial charge in [-0.1, -0.05) is 25.7 Å². The molecule has 0 aliphatic heterocycles. The van der Waals surface area contributed by atoms with E-state index in [0.29, 0.717) is 19.7 Å².